The van der Waals surface area contributed by atoms with Gasteiger partial charge in [-0.3, -0.25) is 0 Å². The molecule has 0 fully saturated rings. The van der Waals surface area contributed by atoms with E-state index in [9.17, 15) is 0 Å². The van der Waals surface area contributed by atoms with Crippen LogP contribution in [-0.2, 0) is 0 Å². The van der Waals surface area contributed by atoms with Gasteiger partial charge in [0.1, 0.15) is 0 Å². The number of benzene rings is 1. The number of hydrogen-bond acceptors (Lipinski definition) is 1. The number of rotatable bonds is 1. The molecule has 1 rings (SSSR count). The summed E-state index contributed by atoms with van der Waals surface area (Å²) in [5.41, 5.74) is 8.56. The van der Waals surface area contributed by atoms with Crippen LogP contribution < -0.4 is 0 Å². The second-order valence-electron chi connectivity index (χ2n) is 1.67. The minimum absolute atomic E-state index is 0.537. The Morgan fingerprint density at radius 1 is 1.50 bits per heavy atom. The van der Waals surface area contributed by atoms with Gasteiger partial charge >= 0.3 is 0 Å². The predicted molar refractivity (Wildman–Crippen MR) is 40.3 cm³/mol. The lowest BCUT2D eigenvalue weighted by Crippen LogP contribution is -1.61. The van der Waals surface area contributed by atoms with Crippen molar-refractivity contribution >= 4 is 17.3 Å². The summed E-state index contributed by atoms with van der Waals surface area (Å²) in [6.07, 6.45) is 0. The van der Waals surface area contributed by atoms with Gasteiger partial charge in [-0.05, 0) is 17.7 Å². The van der Waals surface area contributed by atoms with E-state index in [1.54, 1.807) is 24.3 Å². The molecular weight excluding hydrogens is 150 g/mol. The highest BCUT2D eigenvalue weighted by atomic mass is 35.5. The molecule has 0 unspecified atom stereocenters. The third-order valence-electron chi connectivity index (χ3n) is 0.968. The summed E-state index contributed by atoms with van der Waals surface area (Å²) in [6.45, 7) is 0. The van der Waals surface area contributed by atoms with E-state index in [4.69, 9.17) is 17.1 Å². The van der Waals surface area contributed by atoms with Crippen molar-refractivity contribution in [2.45, 2.75) is 0 Å². The fourth-order valence-electron chi connectivity index (χ4n) is 0.590. The third kappa shape index (κ3) is 1.65. The first kappa shape index (κ1) is 6.93. The molecule has 0 saturated heterocycles. The first-order valence-electron chi connectivity index (χ1n) is 2.63. The summed E-state index contributed by atoms with van der Waals surface area (Å²) in [6, 6.07) is 6.73. The minimum atomic E-state index is 0.537. The lowest BCUT2D eigenvalue weighted by atomic mass is 10.3. The SMILES string of the molecule is [N-]=[N+]=Nc1cccc(Cl)c1. The molecule has 0 aliphatic carbocycles. The summed E-state index contributed by atoms with van der Waals surface area (Å²) >= 11 is 5.60. The highest BCUT2D eigenvalue weighted by molar-refractivity contribution is 6.30. The lowest BCUT2D eigenvalue weighted by Gasteiger charge is -1.89. The van der Waals surface area contributed by atoms with E-state index < -0.39 is 0 Å². The maximum Gasteiger partial charge on any atom is 0.0410 e. The van der Waals surface area contributed by atoms with Gasteiger partial charge in [0.2, 0.25) is 0 Å². The zero-order chi connectivity index (χ0) is 7.40. The van der Waals surface area contributed by atoms with Crippen molar-refractivity contribution in [1.29, 1.82) is 0 Å². The molecule has 0 aliphatic rings. The normalized spacial score (nSPS) is 8.50. The quantitative estimate of drug-likeness (QED) is 0.338. The van der Waals surface area contributed by atoms with Crippen LogP contribution in [-0.4, -0.2) is 0 Å². The van der Waals surface area contributed by atoms with Crippen LogP contribution >= 0.6 is 11.6 Å². The van der Waals surface area contributed by atoms with Crippen LogP contribution in [0.1, 0.15) is 0 Å². The number of halogens is 1. The smallest absolute Gasteiger partial charge is 0.0410 e. The van der Waals surface area contributed by atoms with Gasteiger partial charge in [-0.15, -0.1) is 0 Å². The second-order valence-corrected chi connectivity index (χ2v) is 2.11. The van der Waals surface area contributed by atoms with Gasteiger partial charge in [-0.2, -0.15) is 0 Å². The molecule has 1 aromatic carbocycles. The van der Waals surface area contributed by atoms with Gasteiger partial charge in [0.25, 0.3) is 0 Å². The summed E-state index contributed by atoms with van der Waals surface area (Å²) < 4.78 is 0. The standard InChI is InChI=1S/C6H4ClN3/c7-5-2-1-3-6(4-5)9-10-8/h1-4H. The molecule has 0 N–H and O–H groups in total. The fraction of sp³-hybridized carbons (Fsp3) is 0. The van der Waals surface area contributed by atoms with E-state index in [1.165, 1.54) is 0 Å². The molecule has 4 heteroatoms. The van der Waals surface area contributed by atoms with Crippen molar-refractivity contribution in [3.8, 4) is 0 Å². The minimum Gasteiger partial charge on any atom is -0.0843 e. The summed E-state index contributed by atoms with van der Waals surface area (Å²) in [7, 11) is 0. The van der Waals surface area contributed by atoms with Crippen LogP contribution in [0, 0.1) is 0 Å². The average Bonchev–Trinajstić information content (AvgIpc) is 1.88. The van der Waals surface area contributed by atoms with Gasteiger partial charge < -0.3 is 0 Å². The molecule has 0 radical (unpaired) electrons. The number of azide groups is 1. The third-order valence-corrected chi connectivity index (χ3v) is 1.20. The Balaban J connectivity index is 3.06. The van der Waals surface area contributed by atoms with E-state index in [2.05, 4.69) is 10.0 Å². The molecule has 0 amide bonds. The second kappa shape index (κ2) is 3.11. The highest BCUT2D eigenvalue weighted by Crippen LogP contribution is 2.17. The molecular formula is C6H4ClN3. The van der Waals surface area contributed by atoms with Crippen LogP contribution in [0.5, 0.6) is 0 Å². The van der Waals surface area contributed by atoms with Crippen molar-refractivity contribution in [1.82, 2.24) is 0 Å². The summed E-state index contributed by atoms with van der Waals surface area (Å²) in [5, 5.41) is 3.94. The number of hydrogen-bond donors (Lipinski definition) is 0. The summed E-state index contributed by atoms with van der Waals surface area (Å²) in [5.74, 6) is 0. The molecule has 0 aromatic heterocycles. The fourth-order valence-corrected chi connectivity index (χ4v) is 0.774. The van der Waals surface area contributed by atoms with E-state index >= 15 is 0 Å². The molecule has 0 spiro atoms. The topological polar surface area (TPSA) is 48.8 Å². The van der Waals surface area contributed by atoms with Crippen LogP contribution in [0.4, 0.5) is 5.69 Å². The van der Waals surface area contributed by atoms with Crippen LogP contribution in [0.15, 0.2) is 29.4 Å². The van der Waals surface area contributed by atoms with Gasteiger partial charge in [0, 0.05) is 15.6 Å². The van der Waals surface area contributed by atoms with Gasteiger partial charge in [-0.1, -0.05) is 28.8 Å². The molecule has 1 aromatic rings. The molecule has 0 aliphatic heterocycles. The van der Waals surface area contributed by atoms with Crippen LogP contribution in [0.25, 0.3) is 10.4 Å². The molecule has 3 nitrogen and oxygen atoms in total. The van der Waals surface area contributed by atoms with Gasteiger partial charge in [0.05, 0.1) is 0 Å². The Bertz CT molecular complexity index is 278. The molecule has 0 saturated carbocycles. The first-order valence-corrected chi connectivity index (χ1v) is 3.01. The summed E-state index contributed by atoms with van der Waals surface area (Å²) in [4.78, 5) is 2.61. The molecule has 0 bridgehead atoms. The van der Waals surface area contributed by atoms with Crippen LogP contribution in [0.3, 0.4) is 0 Å². The van der Waals surface area contributed by atoms with E-state index in [1.807, 2.05) is 0 Å². The molecule has 10 heavy (non-hydrogen) atoms. The van der Waals surface area contributed by atoms with Crippen molar-refractivity contribution in [2.24, 2.45) is 5.11 Å². The van der Waals surface area contributed by atoms with Gasteiger partial charge in [0.15, 0.2) is 0 Å². The number of nitrogens with zero attached hydrogens (tertiary/aromatic N) is 3. The van der Waals surface area contributed by atoms with Crippen molar-refractivity contribution in [3.63, 3.8) is 0 Å². The Morgan fingerprint density at radius 3 is 2.90 bits per heavy atom. The average molecular weight is 154 g/mol. The Morgan fingerprint density at radius 2 is 2.30 bits per heavy atom. The van der Waals surface area contributed by atoms with Crippen molar-refractivity contribution in [2.75, 3.05) is 0 Å². The maximum absolute atomic E-state index is 8.03. The lowest BCUT2D eigenvalue weighted by molar-refractivity contribution is 1.48. The van der Waals surface area contributed by atoms with E-state index in [0.717, 1.165) is 0 Å². The predicted octanol–water partition coefficient (Wildman–Crippen LogP) is 3.28. The van der Waals surface area contributed by atoms with Crippen molar-refractivity contribution < 1.29 is 0 Å². The monoisotopic (exact) mass is 153 g/mol. The highest BCUT2D eigenvalue weighted by Gasteiger charge is 1.87. The molecule has 0 atom stereocenters. The maximum atomic E-state index is 8.03. The Hall–Kier alpha value is -1.18. The van der Waals surface area contributed by atoms with E-state index in [0.29, 0.717) is 10.7 Å². The van der Waals surface area contributed by atoms with Crippen molar-refractivity contribution in [3.05, 3.63) is 39.7 Å². The zero-order valence-corrected chi connectivity index (χ0v) is 5.78. The first-order chi connectivity index (χ1) is 4.83. The van der Waals surface area contributed by atoms with E-state index in [-0.39, 0.29) is 0 Å². The van der Waals surface area contributed by atoms with Gasteiger partial charge in [-0.25, -0.2) is 0 Å². The van der Waals surface area contributed by atoms with Crippen LogP contribution in [0.2, 0.25) is 5.02 Å². The molecule has 0 heterocycles. The molecule has 50 valence electrons. The Labute approximate surface area is 62.9 Å². The Kier molecular flexibility index (Phi) is 2.15. The largest absolute Gasteiger partial charge is 0.0843 e. The zero-order valence-electron chi connectivity index (χ0n) is 5.03.